The third kappa shape index (κ3) is 5.66. The number of aliphatic hydroxyl groups excluding tert-OH is 2. The van der Waals surface area contributed by atoms with E-state index < -0.39 is 31.1 Å². The van der Waals surface area contributed by atoms with Crippen LogP contribution in [0.3, 0.4) is 0 Å². The molecule has 38 heavy (non-hydrogen) atoms. The van der Waals surface area contributed by atoms with Gasteiger partial charge in [0.1, 0.15) is 18.0 Å². The topological polar surface area (TPSA) is 142 Å². The van der Waals surface area contributed by atoms with E-state index in [0.717, 1.165) is 9.91 Å². The lowest BCUT2D eigenvalue weighted by molar-refractivity contribution is -0.212. The number of hydrogen-bond acceptors (Lipinski definition) is 9. The molecule has 11 nitrogen and oxygen atoms in total. The summed E-state index contributed by atoms with van der Waals surface area (Å²) in [6.07, 6.45) is -9.41. The third-order valence-electron chi connectivity index (χ3n) is 5.46. The van der Waals surface area contributed by atoms with Crippen molar-refractivity contribution in [1.82, 2.24) is 24.7 Å². The molecule has 0 bridgehead atoms. The van der Waals surface area contributed by atoms with Gasteiger partial charge in [-0.1, -0.05) is 23.7 Å². The number of halogens is 4. The van der Waals surface area contributed by atoms with Crippen LogP contribution in [0.1, 0.15) is 28.9 Å². The van der Waals surface area contributed by atoms with Crippen molar-refractivity contribution in [2.24, 2.45) is 10.8 Å². The Hall–Kier alpha value is -3.88. The maximum Gasteiger partial charge on any atom is 0.416 e. The number of primary amides is 1. The zero-order valence-electron chi connectivity index (χ0n) is 19.9. The second-order valence-electron chi connectivity index (χ2n) is 8.11. The number of hydrazone groups is 1. The number of ether oxygens (including phenoxy) is 1. The van der Waals surface area contributed by atoms with Crippen LogP contribution in [0, 0.1) is 0 Å². The van der Waals surface area contributed by atoms with E-state index in [0.29, 0.717) is 28.6 Å². The predicted octanol–water partition coefficient (Wildman–Crippen LogP) is 2.10. The SMILES string of the molecule is CCOc1ccccc1-n1nc(CN2N=C(c3ccc(Cl)cc3)N(C[C@@H](O)C(F)(F)F)C2O)nc1C(N)=O. The molecular formula is C23H23ClF3N7O4. The number of nitrogens with two attached hydrogens (primary N) is 1. The number of nitrogens with zero attached hydrogens (tertiary/aromatic N) is 6. The standard InChI is InChI=1S/C23H23ClF3N7O4/c1-2-38-16-6-4-3-5-15(16)34-21(19(28)36)29-18(30-34)12-33-22(37)32(11-17(35)23(25,26)27)20(31-33)13-7-9-14(24)10-8-13/h3-10,17,22,35,37H,2,11-12H2,1H3,(H2,28,36)/t17-,22?/m1/s1. The van der Waals surface area contributed by atoms with Crippen LogP contribution in [-0.4, -0.2) is 78.4 Å². The minimum Gasteiger partial charge on any atom is -0.492 e. The molecule has 0 saturated heterocycles. The van der Waals surface area contributed by atoms with Crippen LogP contribution in [0.15, 0.2) is 53.6 Å². The molecule has 0 fully saturated rings. The van der Waals surface area contributed by atoms with Gasteiger partial charge in [0.2, 0.25) is 12.2 Å². The van der Waals surface area contributed by atoms with Crippen molar-refractivity contribution in [1.29, 1.82) is 0 Å². The van der Waals surface area contributed by atoms with Gasteiger partial charge in [-0.3, -0.25) is 4.79 Å². The summed E-state index contributed by atoms with van der Waals surface area (Å²) in [5, 5.41) is 30.5. The monoisotopic (exact) mass is 553 g/mol. The zero-order chi connectivity index (χ0) is 27.6. The Morgan fingerprint density at radius 1 is 1.21 bits per heavy atom. The summed E-state index contributed by atoms with van der Waals surface area (Å²) in [5.74, 6) is -0.773. The summed E-state index contributed by atoms with van der Waals surface area (Å²) in [4.78, 5) is 17.2. The van der Waals surface area contributed by atoms with Crippen LogP contribution in [0.2, 0.25) is 5.02 Å². The summed E-state index contributed by atoms with van der Waals surface area (Å²) >= 11 is 5.92. The van der Waals surface area contributed by atoms with Gasteiger partial charge in [-0.25, -0.2) is 14.7 Å². The molecule has 0 radical (unpaired) electrons. The maximum absolute atomic E-state index is 13.1. The van der Waals surface area contributed by atoms with E-state index in [1.807, 2.05) is 0 Å². The molecule has 202 valence electrons. The van der Waals surface area contributed by atoms with Crippen molar-refractivity contribution >= 4 is 23.3 Å². The molecule has 4 N–H and O–H groups in total. The number of amidine groups is 1. The van der Waals surface area contributed by atoms with Crippen LogP contribution in [-0.2, 0) is 6.54 Å². The Kier molecular flexibility index (Phi) is 7.76. The molecule has 1 aliphatic rings. The van der Waals surface area contributed by atoms with Gasteiger partial charge < -0.3 is 25.6 Å². The van der Waals surface area contributed by atoms with E-state index in [4.69, 9.17) is 22.1 Å². The molecule has 1 unspecified atom stereocenters. The molecule has 2 aromatic carbocycles. The highest BCUT2D eigenvalue weighted by molar-refractivity contribution is 6.30. The summed E-state index contributed by atoms with van der Waals surface area (Å²) in [5.41, 5.74) is 6.22. The lowest BCUT2D eigenvalue weighted by atomic mass is 10.2. The molecular weight excluding hydrogens is 531 g/mol. The Morgan fingerprint density at radius 3 is 2.53 bits per heavy atom. The molecule has 2 heterocycles. The maximum atomic E-state index is 13.1. The summed E-state index contributed by atoms with van der Waals surface area (Å²) in [6, 6.07) is 12.8. The first-order valence-electron chi connectivity index (χ1n) is 11.3. The number of aliphatic hydroxyl groups is 2. The lowest BCUT2D eigenvalue weighted by Crippen LogP contribution is -2.49. The number of aromatic nitrogens is 3. The first-order chi connectivity index (χ1) is 18.0. The number of rotatable bonds is 9. The number of amides is 1. The molecule has 1 aromatic heterocycles. The highest BCUT2D eigenvalue weighted by atomic mass is 35.5. The first-order valence-corrected chi connectivity index (χ1v) is 11.7. The molecule has 0 aliphatic carbocycles. The fourth-order valence-electron chi connectivity index (χ4n) is 3.71. The fraction of sp³-hybridized carbons (Fsp3) is 0.304. The van der Waals surface area contributed by atoms with Crippen LogP contribution in [0.4, 0.5) is 13.2 Å². The van der Waals surface area contributed by atoms with E-state index in [1.165, 1.54) is 28.9 Å². The minimum atomic E-state index is -4.93. The molecule has 2 atom stereocenters. The van der Waals surface area contributed by atoms with Gasteiger partial charge in [0.05, 0.1) is 13.2 Å². The van der Waals surface area contributed by atoms with Crippen molar-refractivity contribution in [3.05, 3.63) is 70.8 Å². The summed E-state index contributed by atoms with van der Waals surface area (Å²) in [6.45, 7) is 0.803. The largest absolute Gasteiger partial charge is 0.492 e. The van der Waals surface area contributed by atoms with Gasteiger partial charge in [-0.15, -0.1) is 5.10 Å². The van der Waals surface area contributed by atoms with E-state index in [-0.39, 0.29) is 24.0 Å². The van der Waals surface area contributed by atoms with Crippen molar-refractivity contribution in [3.8, 4) is 11.4 Å². The highest BCUT2D eigenvalue weighted by Gasteiger charge is 2.43. The minimum absolute atomic E-state index is 0.0124. The number of β-amino-alcohol motifs (C(OH)–C–C–N with tert-alkyl or cyclic N) is 1. The number of benzene rings is 2. The van der Waals surface area contributed by atoms with Crippen molar-refractivity contribution in [2.75, 3.05) is 13.2 Å². The van der Waals surface area contributed by atoms with Gasteiger partial charge in [0.25, 0.3) is 5.91 Å². The Bertz CT molecular complexity index is 1330. The van der Waals surface area contributed by atoms with Crippen LogP contribution >= 0.6 is 11.6 Å². The molecule has 15 heteroatoms. The molecule has 3 aromatic rings. The molecule has 4 rings (SSSR count). The Morgan fingerprint density at radius 2 is 1.89 bits per heavy atom. The average Bonchev–Trinajstić information content (AvgIpc) is 3.42. The van der Waals surface area contributed by atoms with Gasteiger partial charge >= 0.3 is 6.18 Å². The molecule has 0 spiro atoms. The van der Waals surface area contributed by atoms with Gasteiger partial charge in [-0.05, 0) is 43.3 Å². The van der Waals surface area contributed by atoms with Crippen molar-refractivity contribution in [3.63, 3.8) is 0 Å². The van der Waals surface area contributed by atoms with E-state index >= 15 is 0 Å². The normalized spacial score (nSPS) is 16.5. The number of carbonyl (C=O) groups is 1. The van der Waals surface area contributed by atoms with E-state index in [2.05, 4.69) is 15.2 Å². The summed E-state index contributed by atoms with van der Waals surface area (Å²) in [7, 11) is 0. The fourth-order valence-corrected chi connectivity index (χ4v) is 3.84. The third-order valence-corrected chi connectivity index (χ3v) is 5.71. The second-order valence-corrected chi connectivity index (χ2v) is 8.55. The number of carbonyl (C=O) groups excluding carboxylic acids is 1. The first kappa shape index (κ1) is 27.2. The van der Waals surface area contributed by atoms with E-state index in [1.54, 1.807) is 31.2 Å². The lowest BCUT2D eigenvalue weighted by Gasteiger charge is -2.29. The number of alkyl halides is 3. The molecule has 1 amide bonds. The quantitative estimate of drug-likeness (QED) is 0.366. The smallest absolute Gasteiger partial charge is 0.416 e. The van der Waals surface area contributed by atoms with Crippen LogP contribution in [0.5, 0.6) is 5.75 Å². The van der Waals surface area contributed by atoms with Gasteiger partial charge in [0, 0.05) is 10.6 Å². The van der Waals surface area contributed by atoms with E-state index in [9.17, 15) is 28.2 Å². The van der Waals surface area contributed by atoms with Crippen LogP contribution in [0.25, 0.3) is 5.69 Å². The van der Waals surface area contributed by atoms with Crippen molar-refractivity contribution in [2.45, 2.75) is 32.1 Å². The van der Waals surface area contributed by atoms with Crippen molar-refractivity contribution < 1.29 is 32.9 Å². The molecule has 0 saturated carbocycles. The molecule has 1 aliphatic heterocycles. The number of hydrogen-bond donors (Lipinski definition) is 3. The Labute approximate surface area is 219 Å². The van der Waals surface area contributed by atoms with Crippen LogP contribution < -0.4 is 10.5 Å². The highest BCUT2D eigenvalue weighted by Crippen LogP contribution is 2.28. The predicted molar refractivity (Wildman–Crippen MR) is 129 cm³/mol. The summed E-state index contributed by atoms with van der Waals surface area (Å²) < 4.78 is 46.1. The Balaban J connectivity index is 1.69. The van der Waals surface area contributed by atoms with Gasteiger partial charge in [-0.2, -0.15) is 18.3 Å². The second kappa shape index (κ2) is 10.8. The van der Waals surface area contributed by atoms with Gasteiger partial charge in [0.15, 0.2) is 17.8 Å². The average molecular weight is 554 g/mol. The zero-order valence-corrected chi connectivity index (χ0v) is 20.6. The number of para-hydroxylation sites is 2.